The SMILES string of the molecule is O=C(CON1C(=O)N2C[C@@H]1c1ccccc1[C@@H]2C(=O)O)OCc1ccccc1. The Labute approximate surface area is 160 Å². The van der Waals surface area contributed by atoms with Crippen molar-refractivity contribution in [3.05, 3.63) is 71.3 Å². The molecule has 0 saturated carbocycles. The highest BCUT2D eigenvalue weighted by atomic mass is 16.7. The quantitative estimate of drug-likeness (QED) is 0.770. The monoisotopic (exact) mass is 382 g/mol. The number of fused-ring (bicyclic) bond motifs is 4. The smallest absolute Gasteiger partial charge is 0.345 e. The van der Waals surface area contributed by atoms with Crippen LogP contribution in [-0.2, 0) is 25.8 Å². The number of nitrogens with zero attached hydrogens (tertiary/aromatic N) is 2. The van der Waals surface area contributed by atoms with Gasteiger partial charge in [-0.15, -0.1) is 0 Å². The van der Waals surface area contributed by atoms with E-state index in [9.17, 15) is 19.5 Å². The molecule has 2 bridgehead atoms. The maximum Gasteiger partial charge on any atom is 0.345 e. The summed E-state index contributed by atoms with van der Waals surface area (Å²) in [6, 6.07) is 14.1. The number of urea groups is 1. The number of rotatable bonds is 6. The van der Waals surface area contributed by atoms with Crippen LogP contribution in [0.1, 0.15) is 28.8 Å². The van der Waals surface area contributed by atoms with Crippen LogP contribution < -0.4 is 0 Å². The molecular formula is C20H18N2O6. The Morgan fingerprint density at radius 1 is 1.04 bits per heavy atom. The molecule has 2 aliphatic rings. The summed E-state index contributed by atoms with van der Waals surface area (Å²) in [7, 11) is 0. The second-order valence-electron chi connectivity index (χ2n) is 6.57. The van der Waals surface area contributed by atoms with Gasteiger partial charge in [0.15, 0.2) is 12.6 Å². The van der Waals surface area contributed by atoms with Gasteiger partial charge in [0.25, 0.3) is 0 Å². The van der Waals surface area contributed by atoms with Gasteiger partial charge in [-0.2, -0.15) is 5.06 Å². The normalized spacial score (nSPS) is 20.1. The van der Waals surface area contributed by atoms with E-state index >= 15 is 0 Å². The lowest BCUT2D eigenvalue weighted by Gasteiger charge is -2.29. The number of carboxylic acid groups (broad SMARTS) is 1. The van der Waals surface area contributed by atoms with Crippen molar-refractivity contribution in [3.8, 4) is 0 Å². The number of carbonyl (C=O) groups excluding carboxylic acids is 2. The fourth-order valence-electron chi connectivity index (χ4n) is 3.58. The molecule has 2 heterocycles. The number of benzene rings is 2. The Morgan fingerprint density at radius 3 is 2.43 bits per heavy atom. The van der Waals surface area contributed by atoms with Crippen LogP contribution in [0, 0.1) is 0 Å². The number of hydroxylamine groups is 2. The van der Waals surface area contributed by atoms with Gasteiger partial charge < -0.3 is 14.7 Å². The molecule has 1 N–H and O–H groups in total. The van der Waals surface area contributed by atoms with Crippen LogP contribution in [0.15, 0.2) is 54.6 Å². The molecule has 2 atom stereocenters. The fraction of sp³-hybridized carbons (Fsp3) is 0.250. The van der Waals surface area contributed by atoms with Crippen LogP contribution in [0.2, 0.25) is 0 Å². The first-order valence-electron chi connectivity index (χ1n) is 8.80. The first-order valence-corrected chi connectivity index (χ1v) is 8.80. The van der Waals surface area contributed by atoms with Gasteiger partial charge in [-0.25, -0.2) is 14.4 Å². The predicted octanol–water partition coefficient (Wildman–Crippen LogP) is 2.28. The van der Waals surface area contributed by atoms with Crippen molar-refractivity contribution in [2.45, 2.75) is 18.7 Å². The van der Waals surface area contributed by atoms with Crippen LogP contribution in [0.25, 0.3) is 0 Å². The van der Waals surface area contributed by atoms with Crippen LogP contribution in [-0.4, -0.2) is 46.2 Å². The van der Waals surface area contributed by atoms with Crippen LogP contribution >= 0.6 is 0 Å². The second kappa shape index (κ2) is 7.32. The third kappa shape index (κ3) is 3.18. The van der Waals surface area contributed by atoms with Crippen LogP contribution in [0.3, 0.4) is 0 Å². The Morgan fingerprint density at radius 2 is 1.71 bits per heavy atom. The summed E-state index contributed by atoms with van der Waals surface area (Å²) in [6.07, 6.45) is 0. The second-order valence-corrected chi connectivity index (χ2v) is 6.57. The molecule has 0 radical (unpaired) electrons. The molecule has 1 fully saturated rings. The summed E-state index contributed by atoms with van der Waals surface area (Å²) in [5.41, 5.74) is 2.10. The number of aliphatic carboxylic acids is 1. The molecule has 2 aromatic carbocycles. The van der Waals surface area contributed by atoms with Crippen molar-refractivity contribution in [3.63, 3.8) is 0 Å². The van der Waals surface area contributed by atoms with Gasteiger partial charge in [-0.1, -0.05) is 54.6 Å². The Kier molecular flexibility index (Phi) is 4.70. The lowest BCUT2D eigenvalue weighted by atomic mass is 9.91. The maximum atomic E-state index is 12.7. The highest BCUT2D eigenvalue weighted by molar-refractivity contribution is 5.87. The highest BCUT2D eigenvalue weighted by Gasteiger charge is 2.51. The van der Waals surface area contributed by atoms with Gasteiger partial charge in [-0.05, 0) is 16.7 Å². The van der Waals surface area contributed by atoms with Crippen molar-refractivity contribution in [1.29, 1.82) is 0 Å². The standard InChI is InChI=1S/C20H18N2O6/c23-17(27-11-13-6-2-1-3-7-13)12-28-22-16-10-21(20(22)26)18(19(24)25)15-9-5-4-8-14(15)16/h1-9,16,18H,10-12H2,(H,24,25)/t16-,18-/m1/s1. The number of amides is 2. The molecule has 28 heavy (non-hydrogen) atoms. The van der Waals surface area contributed by atoms with Gasteiger partial charge in [-0.3, -0.25) is 4.84 Å². The number of carbonyl (C=O) groups is 3. The number of ether oxygens (including phenoxy) is 1. The Bertz CT molecular complexity index is 916. The fourth-order valence-corrected chi connectivity index (χ4v) is 3.58. The average Bonchev–Trinajstić information content (AvgIpc) is 2.98. The summed E-state index contributed by atoms with van der Waals surface area (Å²) < 4.78 is 5.15. The molecule has 0 aliphatic carbocycles. The van der Waals surface area contributed by atoms with E-state index in [-0.39, 0.29) is 13.2 Å². The molecule has 4 rings (SSSR count). The minimum Gasteiger partial charge on any atom is -0.479 e. The number of hydrogen-bond acceptors (Lipinski definition) is 5. The minimum absolute atomic E-state index is 0.108. The predicted molar refractivity (Wildman–Crippen MR) is 95.7 cm³/mol. The molecule has 2 aliphatic heterocycles. The minimum atomic E-state index is -1.11. The molecule has 0 spiro atoms. The number of hydrogen-bond donors (Lipinski definition) is 1. The number of carboxylic acids is 1. The maximum absolute atomic E-state index is 12.7. The Hall–Kier alpha value is -3.39. The van der Waals surface area contributed by atoms with E-state index in [0.717, 1.165) is 10.6 Å². The van der Waals surface area contributed by atoms with Crippen molar-refractivity contribution >= 4 is 18.0 Å². The summed E-state index contributed by atoms with van der Waals surface area (Å²) >= 11 is 0. The third-order valence-electron chi connectivity index (χ3n) is 4.85. The van der Waals surface area contributed by atoms with Gasteiger partial charge in [0.1, 0.15) is 12.6 Å². The zero-order valence-electron chi connectivity index (χ0n) is 14.9. The molecule has 0 aromatic heterocycles. The van der Waals surface area contributed by atoms with E-state index in [1.54, 1.807) is 24.3 Å². The summed E-state index contributed by atoms with van der Waals surface area (Å²) in [4.78, 5) is 43.1. The zero-order valence-corrected chi connectivity index (χ0v) is 14.9. The van der Waals surface area contributed by atoms with Crippen molar-refractivity contribution < 1.29 is 29.1 Å². The van der Waals surface area contributed by atoms with E-state index < -0.39 is 36.7 Å². The van der Waals surface area contributed by atoms with Gasteiger partial charge in [0.2, 0.25) is 0 Å². The molecule has 0 unspecified atom stereocenters. The Balaban J connectivity index is 1.44. The lowest BCUT2D eigenvalue weighted by molar-refractivity contribution is -0.174. The molecule has 2 amide bonds. The molecule has 1 saturated heterocycles. The lowest BCUT2D eigenvalue weighted by Crippen LogP contribution is -2.38. The van der Waals surface area contributed by atoms with E-state index in [1.807, 2.05) is 30.3 Å². The third-order valence-corrected chi connectivity index (χ3v) is 4.85. The molecular weight excluding hydrogens is 364 g/mol. The first kappa shape index (κ1) is 18.0. The topological polar surface area (TPSA) is 96.4 Å². The summed E-state index contributed by atoms with van der Waals surface area (Å²) in [5.74, 6) is -1.72. The number of esters is 1. The molecule has 8 heteroatoms. The average molecular weight is 382 g/mol. The van der Waals surface area contributed by atoms with Gasteiger partial charge in [0.05, 0.1) is 6.54 Å². The van der Waals surface area contributed by atoms with Crippen molar-refractivity contribution in [2.75, 3.05) is 13.2 Å². The van der Waals surface area contributed by atoms with E-state index in [0.29, 0.717) is 11.1 Å². The largest absolute Gasteiger partial charge is 0.479 e. The molecule has 144 valence electrons. The highest BCUT2D eigenvalue weighted by Crippen LogP contribution is 2.43. The van der Waals surface area contributed by atoms with Gasteiger partial charge >= 0.3 is 18.0 Å². The van der Waals surface area contributed by atoms with Crippen LogP contribution in [0.4, 0.5) is 4.79 Å². The first-order chi connectivity index (χ1) is 13.6. The van der Waals surface area contributed by atoms with E-state index in [1.165, 1.54) is 4.90 Å². The summed E-state index contributed by atoms with van der Waals surface area (Å²) in [5, 5.41) is 10.7. The van der Waals surface area contributed by atoms with Crippen molar-refractivity contribution in [2.24, 2.45) is 0 Å². The van der Waals surface area contributed by atoms with Crippen molar-refractivity contribution in [1.82, 2.24) is 9.96 Å². The summed E-state index contributed by atoms with van der Waals surface area (Å²) in [6.45, 7) is -0.148. The molecule has 8 nitrogen and oxygen atoms in total. The van der Waals surface area contributed by atoms with Crippen LogP contribution in [0.5, 0.6) is 0 Å². The van der Waals surface area contributed by atoms with E-state index in [2.05, 4.69) is 0 Å². The molecule has 2 aromatic rings. The van der Waals surface area contributed by atoms with Gasteiger partial charge in [0, 0.05) is 0 Å². The zero-order chi connectivity index (χ0) is 19.7. The van der Waals surface area contributed by atoms with E-state index in [4.69, 9.17) is 9.57 Å².